The first-order valence-corrected chi connectivity index (χ1v) is 11.0. The topological polar surface area (TPSA) is 164 Å². The molecule has 1 fully saturated rings. The predicted octanol–water partition coefficient (Wildman–Crippen LogP) is 0.0145. The summed E-state index contributed by atoms with van der Waals surface area (Å²) in [6.07, 6.45) is 0.0172. The molecule has 1 aromatic rings. The quantitative estimate of drug-likeness (QED) is 0.209. The largest absolute Gasteiger partial charge is 0.519 e. The number of nitrogens with zero attached hydrogens (tertiary/aromatic N) is 2. The van der Waals surface area contributed by atoms with Crippen molar-refractivity contribution in [1.29, 1.82) is 0 Å². The summed E-state index contributed by atoms with van der Waals surface area (Å²) in [4.78, 5) is 63.4. The number of likely N-dealkylation sites (tertiary alicyclic amines) is 1. The molecule has 0 aromatic carbocycles. The van der Waals surface area contributed by atoms with Crippen LogP contribution in [0, 0.1) is 6.92 Å². The summed E-state index contributed by atoms with van der Waals surface area (Å²) in [5.74, 6) is -2.78. The van der Waals surface area contributed by atoms with Crippen molar-refractivity contribution < 1.29 is 51.7 Å². The van der Waals surface area contributed by atoms with Crippen LogP contribution in [0.25, 0.3) is 0 Å². The Hall–Kier alpha value is -3.65. The van der Waals surface area contributed by atoms with E-state index >= 15 is 0 Å². The van der Waals surface area contributed by atoms with E-state index in [1.807, 2.05) is 0 Å². The third-order valence-corrected chi connectivity index (χ3v) is 5.23. The number of rotatable bonds is 12. The number of carbonyl (C=O) groups excluding carboxylic acids is 4. The Morgan fingerprint density at radius 2 is 1.67 bits per heavy atom. The van der Waals surface area contributed by atoms with Gasteiger partial charge in [0.15, 0.2) is 18.1 Å². The molecule has 14 nitrogen and oxygen atoms in total. The molecule has 2 rings (SSSR count). The minimum atomic E-state index is -1.02. The molecule has 0 N–H and O–H groups in total. The fourth-order valence-electron chi connectivity index (χ4n) is 3.39. The second-order valence-corrected chi connectivity index (χ2v) is 7.62. The maximum Gasteiger partial charge on any atom is 0.519 e. The number of hydrogen-bond donors (Lipinski definition) is 0. The van der Waals surface area contributed by atoms with Crippen LogP contribution in [0.15, 0.2) is 25.8 Å². The van der Waals surface area contributed by atoms with Crippen molar-refractivity contribution in [2.45, 2.75) is 32.1 Å². The molecule has 0 bridgehead atoms. The van der Waals surface area contributed by atoms with Crippen LogP contribution in [0.4, 0.5) is 4.79 Å². The highest BCUT2D eigenvalue weighted by atomic mass is 16.6. The maximum atomic E-state index is 13.4. The van der Waals surface area contributed by atoms with Crippen molar-refractivity contribution >= 4 is 23.9 Å². The van der Waals surface area contributed by atoms with Crippen molar-refractivity contribution in [3.63, 3.8) is 0 Å². The van der Waals surface area contributed by atoms with Crippen LogP contribution in [-0.2, 0) is 44.7 Å². The van der Waals surface area contributed by atoms with E-state index in [0.717, 1.165) is 24.2 Å². The van der Waals surface area contributed by atoms with Gasteiger partial charge >= 0.3 is 23.9 Å². The number of methoxy groups -OCH3 is 3. The zero-order chi connectivity index (χ0) is 26.7. The zero-order valence-corrected chi connectivity index (χ0v) is 20.6. The van der Waals surface area contributed by atoms with E-state index in [9.17, 15) is 24.0 Å². The van der Waals surface area contributed by atoms with E-state index in [0.29, 0.717) is 0 Å². The van der Waals surface area contributed by atoms with Gasteiger partial charge in [0, 0.05) is 45.9 Å². The summed E-state index contributed by atoms with van der Waals surface area (Å²) < 4.78 is 34.7. The van der Waals surface area contributed by atoms with Crippen LogP contribution < -0.4 is 5.82 Å². The Kier molecular flexibility index (Phi) is 11.1. The van der Waals surface area contributed by atoms with Crippen molar-refractivity contribution in [3.8, 4) is 0 Å². The van der Waals surface area contributed by atoms with E-state index < -0.39 is 48.5 Å². The summed E-state index contributed by atoms with van der Waals surface area (Å²) in [5.41, 5.74) is 0. The minimum absolute atomic E-state index is 0.0119. The van der Waals surface area contributed by atoms with Crippen molar-refractivity contribution in [2.75, 3.05) is 54.2 Å². The van der Waals surface area contributed by atoms with Gasteiger partial charge in [0.2, 0.25) is 5.91 Å². The summed E-state index contributed by atoms with van der Waals surface area (Å²) in [7, 11) is 4.14. The van der Waals surface area contributed by atoms with Gasteiger partial charge in [-0.1, -0.05) is 0 Å². The molecule has 200 valence electrons. The number of esters is 2. The second-order valence-electron chi connectivity index (χ2n) is 7.62. The lowest BCUT2D eigenvalue weighted by Crippen LogP contribution is -2.49. The monoisotopic (exact) mass is 514 g/mol. The maximum absolute atomic E-state index is 13.4. The highest BCUT2D eigenvalue weighted by molar-refractivity contribution is 5.92. The third kappa shape index (κ3) is 8.23. The Bertz CT molecular complexity index is 989. The van der Waals surface area contributed by atoms with Gasteiger partial charge in [-0.05, 0) is 6.92 Å². The lowest BCUT2D eigenvalue weighted by Gasteiger charge is -2.29. The van der Waals surface area contributed by atoms with Crippen LogP contribution in [0.3, 0.4) is 0 Å². The van der Waals surface area contributed by atoms with Gasteiger partial charge in [-0.2, -0.15) is 0 Å². The Labute approximate surface area is 206 Å². The van der Waals surface area contributed by atoms with Crippen molar-refractivity contribution in [3.05, 3.63) is 34.3 Å². The first kappa shape index (κ1) is 28.6. The highest BCUT2D eigenvalue weighted by Gasteiger charge is 2.43. The first-order chi connectivity index (χ1) is 17.2. The van der Waals surface area contributed by atoms with Crippen molar-refractivity contribution in [2.24, 2.45) is 0 Å². The fourth-order valence-corrected chi connectivity index (χ4v) is 3.39. The molecule has 1 aliphatic rings. The predicted molar refractivity (Wildman–Crippen MR) is 119 cm³/mol. The van der Waals surface area contributed by atoms with Crippen LogP contribution in [0.2, 0.25) is 0 Å². The number of ether oxygens (including phenoxy) is 5. The summed E-state index contributed by atoms with van der Waals surface area (Å²) >= 11 is 0. The lowest BCUT2D eigenvalue weighted by atomic mass is 10.1. The average molecular weight is 514 g/mol. The molecule has 2 atom stereocenters. The average Bonchev–Trinajstić information content (AvgIpc) is 3.42. The first-order valence-electron chi connectivity index (χ1n) is 11.0. The van der Waals surface area contributed by atoms with Gasteiger partial charge in [-0.15, -0.1) is 0 Å². The normalized spacial score (nSPS) is 17.3. The molecule has 2 amide bonds. The van der Waals surface area contributed by atoms with Gasteiger partial charge in [0.25, 0.3) is 0 Å². The fraction of sp³-hybridized carbons (Fsp3) is 0.591. The summed E-state index contributed by atoms with van der Waals surface area (Å²) in [6, 6.07) is -1.02. The Morgan fingerprint density at radius 3 is 2.22 bits per heavy atom. The van der Waals surface area contributed by atoms with E-state index in [-0.39, 0.29) is 50.8 Å². The smallest absolute Gasteiger partial charge is 0.466 e. The van der Waals surface area contributed by atoms with E-state index in [1.165, 1.54) is 26.0 Å². The second kappa shape index (κ2) is 14.0. The zero-order valence-electron chi connectivity index (χ0n) is 20.6. The van der Waals surface area contributed by atoms with E-state index in [2.05, 4.69) is 4.74 Å². The van der Waals surface area contributed by atoms with Gasteiger partial charge in [-0.3, -0.25) is 9.69 Å². The molecule has 0 radical (unpaired) electrons. The van der Waals surface area contributed by atoms with E-state index in [1.54, 1.807) is 0 Å². The molecular weight excluding hydrogens is 484 g/mol. The summed E-state index contributed by atoms with van der Waals surface area (Å²) in [6.45, 7) is 1.90. The number of carbonyl (C=O) groups is 4. The third-order valence-electron chi connectivity index (χ3n) is 5.23. The SMILES string of the molecule is COCCN(CCOC)C(=O)[C@@H]1C[C@@H](OC(=O)/C=C/C(=O)OC)CN1C(=O)OCc1oc(=O)oc1C. The molecule has 14 heteroatoms. The van der Waals surface area contributed by atoms with Crippen LogP contribution in [0.1, 0.15) is 17.9 Å². The Balaban J connectivity index is 2.18. The molecule has 2 heterocycles. The van der Waals surface area contributed by atoms with Gasteiger partial charge in [0.05, 0.1) is 26.9 Å². The molecule has 0 unspecified atom stereocenters. The minimum Gasteiger partial charge on any atom is -0.466 e. The molecular formula is C22H30N2O12. The summed E-state index contributed by atoms with van der Waals surface area (Å²) in [5, 5.41) is 0. The van der Waals surface area contributed by atoms with Gasteiger partial charge < -0.3 is 37.4 Å². The Morgan fingerprint density at radius 1 is 1.03 bits per heavy atom. The van der Waals surface area contributed by atoms with Gasteiger partial charge in [-0.25, -0.2) is 19.2 Å². The molecule has 36 heavy (non-hydrogen) atoms. The highest BCUT2D eigenvalue weighted by Crippen LogP contribution is 2.24. The number of aryl methyl sites for hydroxylation is 1. The van der Waals surface area contributed by atoms with Crippen LogP contribution in [0.5, 0.6) is 0 Å². The standard InChI is InChI=1S/C22H30N2O12/c1-14-17(36-22(29)34-14)13-33-21(28)24-12-15(35-19(26)6-5-18(25)32-4)11-16(24)20(27)23(7-9-30-2)8-10-31-3/h5-6,15-16H,7-13H2,1-4H3/b6-5+/t15-,16+/m1/s1. The number of amides is 2. The van der Waals surface area contributed by atoms with E-state index in [4.69, 9.17) is 27.8 Å². The van der Waals surface area contributed by atoms with Crippen molar-refractivity contribution in [1.82, 2.24) is 9.80 Å². The molecule has 0 spiro atoms. The number of hydrogen-bond acceptors (Lipinski definition) is 12. The molecule has 0 aliphatic carbocycles. The van der Waals surface area contributed by atoms with Gasteiger partial charge in [0.1, 0.15) is 12.1 Å². The van der Waals surface area contributed by atoms with Crippen LogP contribution >= 0.6 is 0 Å². The van der Waals surface area contributed by atoms with Crippen LogP contribution in [-0.4, -0.2) is 100 Å². The molecule has 1 aliphatic heterocycles. The molecule has 1 saturated heterocycles. The molecule has 0 saturated carbocycles. The molecule has 1 aromatic heterocycles. The lowest BCUT2D eigenvalue weighted by molar-refractivity contribution is -0.143.